The van der Waals surface area contributed by atoms with Crippen molar-refractivity contribution in [1.29, 1.82) is 0 Å². The second kappa shape index (κ2) is 9.09. The maximum Gasteiger partial charge on any atom is 0.223 e. The van der Waals surface area contributed by atoms with Gasteiger partial charge in [-0.25, -0.2) is 4.98 Å². The molecule has 1 aliphatic rings. The largest absolute Gasteiger partial charge is 0.352 e. The first-order chi connectivity index (χ1) is 14.1. The van der Waals surface area contributed by atoms with Crippen LogP contribution in [0.2, 0.25) is 0 Å². The molecule has 6 heteroatoms. The van der Waals surface area contributed by atoms with E-state index in [4.69, 9.17) is 4.98 Å². The van der Waals surface area contributed by atoms with Crippen molar-refractivity contribution < 1.29 is 4.79 Å². The molecule has 1 saturated heterocycles. The van der Waals surface area contributed by atoms with Gasteiger partial charge in [0.1, 0.15) is 5.82 Å². The molecule has 3 aromatic rings. The zero-order valence-electron chi connectivity index (χ0n) is 16.8. The molecule has 0 bridgehead atoms. The number of para-hydroxylation sites is 2. The third-order valence-corrected chi connectivity index (χ3v) is 6.28. The highest BCUT2D eigenvalue weighted by molar-refractivity contribution is 9.10. The number of rotatable bonds is 6. The standard InChI is InChI=1S/C23H27BrN4O/c1-2-28-21-6-4-3-5-20(21)26-22(28)16-27-13-11-18(12-14-27)23(29)25-15-17-7-9-19(24)10-8-17/h3-10,18H,2,11-16H2,1H3,(H,25,29). The highest BCUT2D eigenvalue weighted by atomic mass is 79.9. The van der Waals surface area contributed by atoms with E-state index in [9.17, 15) is 4.79 Å². The van der Waals surface area contributed by atoms with Crippen molar-refractivity contribution in [2.45, 2.75) is 39.4 Å². The molecule has 5 nitrogen and oxygen atoms in total. The van der Waals surface area contributed by atoms with Gasteiger partial charge in [-0.05, 0) is 62.7 Å². The van der Waals surface area contributed by atoms with Gasteiger partial charge in [0.25, 0.3) is 0 Å². The molecule has 2 aromatic carbocycles. The summed E-state index contributed by atoms with van der Waals surface area (Å²) in [7, 11) is 0. The van der Waals surface area contributed by atoms with Gasteiger partial charge >= 0.3 is 0 Å². The minimum Gasteiger partial charge on any atom is -0.352 e. The van der Waals surface area contributed by atoms with E-state index in [1.54, 1.807) is 0 Å². The van der Waals surface area contributed by atoms with Crippen molar-refractivity contribution >= 4 is 32.9 Å². The van der Waals surface area contributed by atoms with Gasteiger partial charge in [-0.3, -0.25) is 9.69 Å². The van der Waals surface area contributed by atoms with Gasteiger partial charge in [-0.1, -0.05) is 40.2 Å². The monoisotopic (exact) mass is 454 g/mol. The molecule has 1 amide bonds. The summed E-state index contributed by atoms with van der Waals surface area (Å²) in [6, 6.07) is 16.4. The summed E-state index contributed by atoms with van der Waals surface area (Å²) in [5, 5.41) is 3.10. The lowest BCUT2D eigenvalue weighted by molar-refractivity contribution is -0.126. The first-order valence-corrected chi connectivity index (χ1v) is 11.1. The predicted molar refractivity (Wildman–Crippen MR) is 119 cm³/mol. The van der Waals surface area contributed by atoms with Crippen molar-refractivity contribution in [2.24, 2.45) is 5.92 Å². The maximum absolute atomic E-state index is 12.6. The van der Waals surface area contributed by atoms with Crippen molar-refractivity contribution in [3.05, 3.63) is 64.4 Å². The van der Waals surface area contributed by atoms with Crippen LogP contribution in [0.4, 0.5) is 0 Å². The number of aryl methyl sites for hydroxylation is 1. The van der Waals surface area contributed by atoms with Crippen LogP contribution in [-0.2, 0) is 24.4 Å². The Bertz CT molecular complexity index is 974. The second-order valence-corrected chi connectivity index (χ2v) is 8.57. The number of piperidine rings is 1. The number of imidazole rings is 1. The minimum atomic E-state index is 0.103. The summed E-state index contributed by atoms with van der Waals surface area (Å²) in [4.78, 5) is 19.8. The van der Waals surface area contributed by atoms with Crippen LogP contribution in [0.1, 0.15) is 31.2 Å². The van der Waals surface area contributed by atoms with E-state index in [2.05, 4.69) is 55.8 Å². The van der Waals surface area contributed by atoms with Crippen LogP contribution in [0.15, 0.2) is 53.0 Å². The second-order valence-electron chi connectivity index (χ2n) is 7.66. The number of likely N-dealkylation sites (tertiary alicyclic amines) is 1. The molecule has 4 rings (SSSR count). The highest BCUT2D eigenvalue weighted by Crippen LogP contribution is 2.22. The lowest BCUT2D eigenvalue weighted by Crippen LogP contribution is -2.40. The Labute approximate surface area is 180 Å². The molecule has 2 heterocycles. The fourth-order valence-corrected chi connectivity index (χ4v) is 4.35. The van der Waals surface area contributed by atoms with Crippen molar-refractivity contribution in [2.75, 3.05) is 13.1 Å². The molecule has 0 spiro atoms. The predicted octanol–water partition coefficient (Wildman–Crippen LogP) is 4.35. The van der Waals surface area contributed by atoms with Gasteiger partial charge in [0, 0.05) is 23.5 Å². The van der Waals surface area contributed by atoms with E-state index in [1.165, 1.54) is 5.52 Å². The molecule has 1 N–H and O–H groups in total. The first-order valence-electron chi connectivity index (χ1n) is 10.3. The number of nitrogens with one attached hydrogen (secondary N) is 1. The molecule has 152 valence electrons. The third kappa shape index (κ3) is 4.70. The smallest absolute Gasteiger partial charge is 0.223 e. The zero-order valence-corrected chi connectivity index (χ0v) is 18.4. The average molecular weight is 455 g/mol. The Morgan fingerprint density at radius 2 is 1.86 bits per heavy atom. The molecule has 0 aliphatic carbocycles. The number of carbonyl (C=O) groups is 1. The lowest BCUT2D eigenvalue weighted by Gasteiger charge is -2.31. The van der Waals surface area contributed by atoms with E-state index in [0.29, 0.717) is 6.54 Å². The number of benzene rings is 2. The van der Waals surface area contributed by atoms with Crippen molar-refractivity contribution in [3.63, 3.8) is 0 Å². The minimum absolute atomic E-state index is 0.103. The summed E-state index contributed by atoms with van der Waals surface area (Å²) in [6.07, 6.45) is 1.80. The van der Waals surface area contributed by atoms with Gasteiger partial charge in [0.2, 0.25) is 5.91 Å². The van der Waals surface area contributed by atoms with Crippen LogP contribution in [0.25, 0.3) is 11.0 Å². The number of hydrogen-bond donors (Lipinski definition) is 1. The molecule has 0 saturated carbocycles. The Morgan fingerprint density at radius 3 is 2.59 bits per heavy atom. The summed E-state index contributed by atoms with van der Waals surface area (Å²) in [6.45, 7) is 6.39. The first kappa shape index (κ1) is 20.1. The average Bonchev–Trinajstić information content (AvgIpc) is 3.10. The molecule has 0 atom stereocenters. The SMILES string of the molecule is CCn1c(CN2CCC(C(=O)NCc3ccc(Br)cc3)CC2)nc2ccccc21. The maximum atomic E-state index is 12.6. The fourth-order valence-electron chi connectivity index (χ4n) is 4.09. The van der Waals surface area contributed by atoms with Crippen LogP contribution >= 0.6 is 15.9 Å². The quantitative estimate of drug-likeness (QED) is 0.602. The zero-order chi connectivity index (χ0) is 20.2. The summed E-state index contributed by atoms with van der Waals surface area (Å²) in [5.41, 5.74) is 3.39. The molecular weight excluding hydrogens is 428 g/mol. The van der Waals surface area contributed by atoms with Crippen LogP contribution in [-0.4, -0.2) is 33.4 Å². The number of hydrogen-bond acceptors (Lipinski definition) is 3. The third-order valence-electron chi connectivity index (χ3n) is 5.75. The Balaban J connectivity index is 1.30. The van der Waals surface area contributed by atoms with E-state index >= 15 is 0 Å². The number of carbonyl (C=O) groups excluding carboxylic acids is 1. The van der Waals surface area contributed by atoms with Gasteiger partial charge in [-0.2, -0.15) is 0 Å². The van der Waals surface area contributed by atoms with Crippen molar-refractivity contribution in [1.82, 2.24) is 19.8 Å². The van der Waals surface area contributed by atoms with E-state index < -0.39 is 0 Å². The van der Waals surface area contributed by atoms with Crippen molar-refractivity contribution in [3.8, 4) is 0 Å². The molecule has 29 heavy (non-hydrogen) atoms. The molecule has 1 aromatic heterocycles. The van der Waals surface area contributed by atoms with E-state index in [-0.39, 0.29) is 11.8 Å². The molecule has 0 radical (unpaired) electrons. The number of nitrogens with zero attached hydrogens (tertiary/aromatic N) is 3. The van der Waals surface area contributed by atoms with Crippen LogP contribution < -0.4 is 5.32 Å². The van der Waals surface area contributed by atoms with Crippen LogP contribution in [0.5, 0.6) is 0 Å². The van der Waals surface area contributed by atoms with E-state index in [0.717, 1.165) is 60.4 Å². The summed E-state index contributed by atoms with van der Waals surface area (Å²) in [5.74, 6) is 1.40. The summed E-state index contributed by atoms with van der Waals surface area (Å²) >= 11 is 3.44. The lowest BCUT2D eigenvalue weighted by atomic mass is 9.96. The van der Waals surface area contributed by atoms with Gasteiger partial charge in [-0.15, -0.1) is 0 Å². The van der Waals surface area contributed by atoms with Crippen LogP contribution in [0, 0.1) is 5.92 Å². The number of amides is 1. The fraction of sp³-hybridized carbons (Fsp3) is 0.391. The Morgan fingerprint density at radius 1 is 1.14 bits per heavy atom. The van der Waals surface area contributed by atoms with E-state index in [1.807, 2.05) is 30.3 Å². The van der Waals surface area contributed by atoms with Gasteiger partial charge < -0.3 is 9.88 Å². The molecule has 1 fully saturated rings. The number of halogens is 1. The number of aromatic nitrogens is 2. The Hall–Kier alpha value is -2.18. The number of fused-ring (bicyclic) bond motifs is 1. The highest BCUT2D eigenvalue weighted by Gasteiger charge is 2.25. The Kier molecular flexibility index (Phi) is 6.31. The normalized spacial score (nSPS) is 15.7. The molecule has 0 unspecified atom stereocenters. The molecule has 1 aliphatic heterocycles. The van der Waals surface area contributed by atoms with Gasteiger partial charge in [0.15, 0.2) is 0 Å². The molecular formula is C23H27BrN4O. The topological polar surface area (TPSA) is 50.2 Å². The summed E-state index contributed by atoms with van der Waals surface area (Å²) < 4.78 is 3.35. The van der Waals surface area contributed by atoms with Crippen LogP contribution in [0.3, 0.4) is 0 Å². The van der Waals surface area contributed by atoms with Gasteiger partial charge in [0.05, 0.1) is 17.6 Å².